The quantitative estimate of drug-likeness (QED) is 0.855. The molecule has 3 heterocycles. The summed E-state index contributed by atoms with van der Waals surface area (Å²) in [5.41, 5.74) is 7.59. The number of aromatic nitrogens is 4. The maximum absolute atomic E-state index is 5.80. The molecule has 1 fully saturated rings. The Bertz CT molecular complexity index is 555. The molecule has 1 saturated heterocycles. The monoisotopic (exact) mass is 244 g/mol. The van der Waals surface area contributed by atoms with Gasteiger partial charge in [0, 0.05) is 38.0 Å². The number of hydrogen-bond donors (Lipinski definition) is 1. The number of nitrogen functional groups attached to an aromatic ring is 1. The second kappa shape index (κ2) is 4.29. The lowest BCUT2D eigenvalue weighted by atomic mass is 10.2. The van der Waals surface area contributed by atoms with Gasteiger partial charge < -0.3 is 10.6 Å². The Labute approximate surface area is 105 Å². The van der Waals surface area contributed by atoms with E-state index < -0.39 is 0 Å². The third kappa shape index (κ3) is 2.01. The zero-order valence-electron chi connectivity index (χ0n) is 10.4. The van der Waals surface area contributed by atoms with Gasteiger partial charge in [0.05, 0.1) is 11.9 Å². The fraction of sp³-hybridized carbons (Fsp3) is 0.417. The van der Waals surface area contributed by atoms with Crippen molar-refractivity contribution in [1.29, 1.82) is 0 Å². The van der Waals surface area contributed by atoms with E-state index in [1.807, 2.05) is 19.3 Å². The number of nitrogens with two attached hydrogens (primary N) is 1. The molecule has 18 heavy (non-hydrogen) atoms. The summed E-state index contributed by atoms with van der Waals surface area (Å²) in [6, 6.07) is 1.98. The smallest absolute Gasteiger partial charge is 0.222 e. The van der Waals surface area contributed by atoms with Crippen LogP contribution in [0.5, 0.6) is 0 Å². The molecule has 0 aliphatic carbocycles. The van der Waals surface area contributed by atoms with Crippen molar-refractivity contribution in [3.8, 4) is 11.3 Å². The Morgan fingerprint density at radius 2 is 2.00 bits per heavy atom. The van der Waals surface area contributed by atoms with E-state index in [1.54, 1.807) is 10.9 Å². The molecular weight excluding hydrogens is 228 g/mol. The minimum absolute atomic E-state index is 0.318. The van der Waals surface area contributed by atoms with Crippen molar-refractivity contribution in [2.24, 2.45) is 7.05 Å². The van der Waals surface area contributed by atoms with E-state index in [0.717, 1.165) is 30.2 Å². The van der Waals surface area contributed by atoms with Gasteiger partial charge in [0.25, 0.3) is 0 Å². The summed E-state index contributed by atoms with van der Waals surface area (Å²) < 4.78 is 1.75. The van der Waals surface area contributed by atoms with Crippen LogP contribution in [-0.2, 0) is 7.05 Å². The molecular formula is C12H16N6. The van der Waals surface area contributed by atoms with Crippen molar-refractivity contribution in [3.05, 3.63) is 18.5 Å². The third-order valence-electron chi connectivity index (χ3n) is 3.16. The van der Waals surface area contributed by atoms with E-state index in [9.17, 15) is 0 Å². The zero-order chi connectivity index (χ0) is 12.5. The number of anilines is 2. The van der Waals surface area contributed by atoms with Crippen LogP contribution >= 0.6 is 0 Å². The highest BCUT2D eigenvalue weighted by Crippen LogP contribution is 2.24. The lowest BCUT2D eigenvalue weighted by Crippen LogP contribution is -2.19. The van der Waals surface area contributed by atoms with Crippen LogP contribution in [0.3, 0.4) is 0 Å². The summed E-state index contributed by atoms with van der Waals surface area (Å²) in [6.07, 6.45) is 6.14. The first-order valence-corrected chi connectivity index (χ1v) is 6.11. The molecule has 0 radical (unpaired) electrons. The fourth-order valence-corrected chi connectivity index (χ4v) is 2.26. The van der Waals surface area contributed by atoms with Crippen LogP contribution in [0.1, 0.15) is 12.8 Å². The molecule has 1 aliphatic heterocycles. The first kappa shape index (κ1) is 11.0. The van der Waals surface area contributed by atoms with Crippen LogP contribution in [0.15, 0.2) is 18.5 Å². The maximum Gasteiger partial charge on any atom is 0.222 e. The van der Waals surface area contributed by atoms with Crippen LogP contribution in [0.25, 0.3) is 11.3 Å². The van der Waals surface area contributed by atoms with Crippen molar-refractivity contribution < 1.29 is 0 Å². The van der Waals surface area contributed by atoms with Gasteiger partial charge in [-0.15, -0.1) is 0 Å². The molecule has 0 saturated carbocycles. The lowest BCUT2D eigenvalue weighted by molar-refractivity contribution is 0.768. The van der Waals surface area contributed by atoms with E-state index >= 15 is 0 Å². The van der Waals surface area contributed by atoms with Gasteiger partial charge in [-0.3, -0.25) is 4.68 Å². The summed E-state index contributed by atoms with van der Waals surface area (Å²) >= 11 is 0. The summed E-state index contributed by atoms with van der Waals surface area (Å²) in [4.78, 5) is 10.8. The van der Waals surface area contributed by atoms with Crippen molar-refractivity contribution in [2.45, 2.75) is 12.8 Å². The Morgan fingerprint density at radius 3 is 2.67 bits per heavy atom. The van der Waals surface area contributed by atoms with Gasteiger partial charge in [0.2, 0.25) is 5.95 Å². The van der Waals surface area contributed by atoms with E-state index in [-0.39, 0.29) is 0 Å². The first-order valence-electron chi connectivity index (χ1n) is 6.11. The summed E-state index contributed by atoms with van der Waals surface area (Å²) in [6.45, 7) is 2.09. The van der Waals surface area contributed by atoms with Crippen LogP contribution in [0.2, 0.25) is 0 Å². The van der Waals surface area contributed by atoms with E-state index in [2.05, 4.69) is 20.0 Å². The minimum Gasteiger partial charge on any atom is -0.368 e. The van der Waals surface area contributed by atoms with Gasteiger partial charge in [0.15, 0.2) is 0 Å². The van der Waals surface area contributed by atoms with E-state index in [0.29, 0.717) is 5.95 Å². The van der Waals surface area contributed by atoms with E-state index in [4.69, 9.17) is 5.73 Å². The third-order valence-corrected chi connectivity index (χ3v) is 3.16. The minimum atomic E-state index is 0.318. The molecule has 6 heteroatoms. The van der Waals surface area contributed by atoms with Gasteiger partial charge in [0.1, 0.15) is 5.82 Å². The fourth-order valence-electron chi connectivity index (χ4n) is 2.26. The van der Waals surface area contributed by atoms with Crippen molar-refractivity contribution in [3.63, 3.8) is 0 Å². The second-order valence-electron chi connectivity index (χ2n) is 4.57. The number of aryl methyl sites for hydroxylation is 1. The molecule has 2 aromatic heterocycles. The molecule has 2 N–H and O–H groups in total. The molecule has 0 spiro atoms. The summed E-state index contributed by atoms with van der Waals surface area (Å²) in [5, 5.41) is 4.15. The van der Waals surface area contributed by atoms with Crippen molar-refractivity contribution in [1.82, 2.24) is 19.7 Å². The number of hydrogen-bond acceptors (Lipinski definition) is 5. The second-order valence-corrected chi connectivity index (χ2v) is 4.57. The average molecular weight is 244 g/mol. The van der Waals surface area contributed by atoms with Gasteiger partial charge >= 0.3 is 0 Å². The average Bonchev–Trinajstić information content (AvgIpc) is 2.98. The normalized spacial score (nSPS) is 15.3. The van der Waals surface area contributed by atoms with Crippen LogP contribution in [0.4, 0.5) is 11.8 Å². The molecule has 0 bridgehead atoms. The van der Waals surface area contributed by atoms with Gasteiger partial charge in [-0.1, -0.05) is 0 Å². The molecule has 0 amide bonds. The van der Waals surface area contributed by atoms with Crippen LogP contribution < -0.4 is 10.6 Å². The highest BCUT2D eigenvalue weighted by atomic mass is 15.2. The SMILES string of the molecule is Cn1cc(-c2cc(N3CCCC3)nc(N)n2)cn1. The Kier molecular flexibility index (Phi) is 2.62. The highest BCUT2D eigenvalue weighted by molar-refractivity contribution is 5.63. The van der Waals surface area contributed by atoms with Crippen LogP contribution in [0, 0.1) is 0 Å². The Hall–Kier alpha value is -2.11. The lowest BCUT2D eigenvalue weighted by Gasteiger charge is -2.16. The largest absolute Gasteiger partial charge is 0.368 e. The summed E-state index contributed by atoms with van der Waals surface area (Å²) in [5.74, 6) is 1.23. The predicted molar refractivity (Wildman–Crippen MR) is 70.1 cm³/mol. The number of nitrogens with zero attached hydrogens (tertiary/aromatic N) is 5. The topological polar surface area (TPSA) is 72.9 Å². The molecule has 2 aromatic rings. The molecule has 3 rings (SSSR count). The number of rotatable bonds is 2. The Morgan fingerprint density at radius 1 is 1.22 bits per heavy atom. The maximum atomic E-state index is 5.80. The van der Waals surface area contributed by atoms with Gasteiger partial charge in [-0.2, -0.15) is 10.1 Å². The summed E-state index contributed by atoms with van der Waals surface area (Å²) in [7, 11) is 1.88. The van der Waals surface area contributed by atoms with E-state index in [1.165, 1.54) is 12.8 Å². The molecule has 94 valence electrons. The zero-order valence-corrected chi connectivity index (χ0v) is 10.4. The molecule has 0 aromatic carbocycles. The molecule has 6 nitrogen and oxygen atoms in total. The standard InChI is InChI=1S/C12H16N6/c1-17-8-9(7-14-17)10-6-11(16-12(13)15-10)18-4-2-3-5-18/h6-8H,2-5H2,1H3,(H2,13,15,16). The predicted octanol–water partition coefficient (Wildman–Crippen LogP) is 1.06. The van der Waals surface area contributed by atoms with Crippen molar-refractivity contribution >= 4 is 11.8 Å². The van der Waals surface area contributed by atoms with Gasteiger partial charge in [-0.25, -0.2) is 4.98 Å². The van der Waals surface area contributed by atoms with Gasteiger partial charge in [-0.05, 0) is 12.8 Å². The first-order chi connectivity index (χ1) is 8.72. The van der Waals surface area contributed by atoms with Crippen LogP contribution in [-0.4, -0.2) is 32.8 Å². The Balaban J connectivity index is 1.99. The molecule has 0 atom stereocenters. The highest BCUT2D eigenvalue weighted by Gasteiger charge is 2.16. The molecule has 0 unspecified atom stereocenters. The molecule has 1 aliphatic rings. The van der Waals surface area contributed by atoms with Crippen molar-refractivity contribution in [2.75, 3.05) is 23.7 Å².